The first-order valence-corrected chi connectivity index (χ1v) is 7.86. The largest absolute Gasteiger partial charge is 0.312 e. The van der Waals surface area contributed by atoms with E-state index in [-0.39, 0.29) is 24.0 Å². The van der Waals surface area contributed by atoms with Crippen molar-refractivity contribution in [3.8, 4) is 0 Å². The number of sulfonamides is 1. The van der Waals surface area contributed by atoms with Crippen molar-refractivity contribution in [1.29, 1.82) is 0 Å². The molecule has 104 valence electrons. The molecule has 6 heteroatoms. The van der Waals surface area contributed by atoms with Crippen LogP contribution < -0.4 is 10.0 Å². The molecule has 2 N–H and O–H groups in total. The second-order valence-corrected chi connectivity index (χ2v) is 6.78. The molecule has 1 aromatic carbocycles. The second kappa shape index (κ2) is 4.94. The number of primary sulfonamides is 1. The molecule has 1 fully saturated rings. The Morgan fingerprint density at radius 2 is 2.05 bits per heavy atom. The number of carbonyl (C=O) groups is 1. The molecule has 1 amide bonds. The Morgan fingerprint density at radius 1 is 1.37 bits per heavy atom. The fourth-order valence-electron chi connectivity index (χ4n) is 2.48. The van der Waals surface area contributed by atoms with Gasteiger partial charge >= 0.3 is 0 Å². The number of benzene rings is 1. The summed E-state index contributed by atoms with van der Waals surface area (Å²) < 4.78 is 22.2. The summed E-state index contributed by atoms with van der Waals surface area (Å²) in [6, 6.07) is 5.78. The van der Waals surface area contributed by atoms with E-state index < -0.39 is 10.0 Å². The van der Waals surface area contributed by atoms with Crippen LogP contribution in [0.4, 0.5) is 5.69 Å². The second-order valence-electron chi connectivity index (χ2n) is 5.12. The van der Waals surface area contributed by atoms with Gasteiger partial charge in [0.1, 0.15) is 0 Å². The Hall–Kier alpha value is -1.40. The average Bonchev–Trinajstić information content (AvgIpc) is 2.61. The van der Waals surface area contributed by atoms with Crippen LogP contribution in [0.25, 0.3) is 0 Å². The molecule has 1 aliphatic heterocycles. The minimum Gasteiger partial charge on any atom is -0.312 e. The van der Waals surface area contributed by atoms with E-state index in [1.807, 2.05) is 32.0 Å². The van der Waals surface area contributed by atoms with Gasteiger partial charge in [-0.2, -0.15) is 0 Å². The lowest BCUT2D eigenvalue weighted by atomic mass is 10.1. The highest BCUT2D eigenvalue weighted by Crippen LogP contribution is 2.29. The van der Waals surface area contributed by atoms with E-state index in [2.05, 4.69) is 0 Å². The first-order valence-electron chi connectivity index (χ1n) is 6.15. The lowest BCUT2D eigenvalue weighted by molar-refractivity contribution is -0.117. The number of anilines is 1. The zero-order valence-corrected chi connectivity index (χ0v) is 11.9. The van der Waals surface area contributed by atoms with Gasteiger partial charge in [-0.1, -0.05) is 12.1 Å². The lowest BCUT2D eigenvalue weighted by Gasteiger charge is -2.20. The number of carbonyl (C=O) groups excluding carboxylic acids is 1. The third-order valence-corrected chi connectivity index (χ3v) is 4.48. The third-order valence-electron chi connectivity index (χ3n) is 3.54. The van der Waals surface area contributed by atoms with Crippen molar-refractivity contribution in [2.24, 2.45) is 11.1 Å². The molecule has 0 saturated carbocycles. The molecule has 1 atom stereocenters. The summed E-state index contributed by atoms with van der Waals surface area (Å²) in [5.74, 6) is -0.398. The molecule has 0 aromatic heterocycles. The summed E-state index contributed by atoms with van der Waals surface area (Å²) >= 11 is 0. The van der Waals surface area contributed by atoms with Crippen LogP contribution in [0.3, 0.4) is 0 Å². The Labute approximate surface area is 113 Å². The molecule has 2 rings (SSSR count). The molecule has 5 nitrogen and oxygen atoms in total. The maximum Gasteiger partial charge on any atom is 0.227 e. The Morgan fingerprint density at radius 3 is 2.68 bits per heavy atom. The number of hydrogen-bond acceptors (Lipinski definition) is 3. The minimum absolute atomic E-state index is 0.0395. The fraction of sp³-hybridized carbons (Fsp3) is 0.462. The summed E-state index contributed by atoms with van der Waals surface area (Å²) in [5.41, 5.74) is 3.02. The normalized spacial score (nSPS) is 20.1. The topological polar surface area (TPSA) is 80.5 Å². The van der Waals surface area contributed by atoms with E-state index in [4.69, 9.17) is 5.14 Å². The van der Waals surface area contributed by atoms with Gasteiger partial charge in [-0.15, -0.1) is 0 Å². The van der Waals surface area contributed by atoms with Crippen LogP contribution in [0.5, 0.6) is 0 Å². The summed E-state index contributed by atoms with van der Waals surface area (Å²) in [4.78, 5) is 13.7. The van der Waals surface area contributed by atoms with Crippen molar-refractivity contribution in [2.75, 3.05) is 17.2 Å². The number of nitrogens with two attached hydrogens (primary N) is 1. The molecule has 19 heavy (non-hydrogen) atoms. The van der Waals surface area contributed by atoms with E-state index in [0.29, 0.717) is 6.54 Å². The molecule has 1 heterocycles. The SMILES string of the molecule is Cc1cccc(N2CC(CS(N)(=O)=O)CC2=O)c1C. The highest BCUT2D eigenvalue weighted by Gasteiger charge is 2.33. The van der Waals surface area contributed by atoms with Crippen LogP contribution in [-0.4, -0.2) is 26.6 Å². The van der Waals surface area contributed by atoms with Gasteiger partial charge in [0.15, 0.2) is 0 Å². The van der Waals surface area contributed by atoms with Crippen LogP contribution >= 0.6 is 0 Å². The zero-order chi connectivity index (χ0) is 14.2. The summed E-state index contributed by atoms with van der Waals surface area (Å²) in [7, 11) is -3.53. The smallest absolute Gasteiger partial charge is 0.227 e. The van der Waals surface area contributed by atoms with Crippen molar-refractivity contribution in [3.63, 3.8) is 0 Å². The van der Waals surface area contributed by atoms with Crippen molar-refractivity contribution in [3.05, 3.63) is 29.3 Å². The van der Waals surface area contributed by atoms with Gasteiger partial charge in [-0.05, 0) is 31.0 Å². The van der Waals surface area contributed by atoms with Crippen molar-refractivity contribution in [1.82, 2.24) is 0 Å². The molecular formula is C13H18N2O3S. The van der Waals surface area contributed by atoms with Crippen LogP contribution in [0.1, 0.15) is 17.5 Å². The summed E-state index contributed by atoms with van der Waals surface area (Å²) in [6.45, 7) is 4.37. The molecule has 0 radical (unpaired) electrons. The molecule has 1 saturated heterocycles. The molecule has 1 aromatic rings. The first kappa shape index (κ1) is 14.0. The molecular weight excluding hydrogens is 264 g/mol. The highest BCUT2D eigenvalue weighted by molar-refractivity contribution is 7.89. The highest BCUT2D eigenvalue weighted by atomic mass is 32.2. The van der Waals surface area contributed by atoms with Crippen LogP contribution in [-0.2, 0) is 14.8 Å². The van der Waals surface area contributed by atoms with Gasteiger partial charge in [0.25, 0.3) is 0 Å². The molecule has 0 bridgehead atoms. The Kier molecular flexibility index (Phi) is 3.64. The quantitative estimate of drug-likeness (QED) is 0.896. The maximum atomic E-state index is 12.0. The lowest BCUT2D eigenvalue weighted by Crippen LogP contribution is -2.28. The number of nitrogens with zero attached hydrogens (tertiary/aromatic N) is 1. The zero-order valence-electron chi connectivity index (χ0n) is 11.1. The number of aryl methyl sites for hydroxylation is 1. The van der Waals surface area contributed by atoms with Crippen LogP contribution in [0, 0.1) is 19.8 Å². The van der Waals surface area contributed by atoms with Gasteiger partial charge in [0.05, 0.1) is 5.75 Å². The van der Waals surface area contributed by atoms with Gasteiger partial charge in [-0.3, -0.25) is 4.79 Å². The number of rotatable bonds is 3. The van der Waals surface area contributed by atoms with Gasteiger partial charge in [0.2, 0.25) is 15.9 Å². The summed E-state index contributed by atoms with van der Waals surface area (Å²) in [5, 5.41) is 5.04. The van der Waals surface area contributed by atoms with Crippen LogP contribution in [0.15, 0.2) is 18.2 Å². The number of hydrogen-bond donors (Lipinski definition) is 1. The molecule has 0 spiro atoms. The molecule has 0 aliphatic carbocycles. The third kappa shape index (κ3) is 3.13. The van der Waals surface area contributed by atoms with E-state index in [9.17, 15) is 13.2 Å². The molecule has 1 aliphatic rings. The molecule has 1 unspecified atom stereocenters. The monoisotopic (exact) mass is 282 g/mol. The Balaban J connectivity index is 2.23. The van der Waals surface area contributed by atoms with E-state index in [0.717, 1.165) is 16.8 Å². The van der Waals surface area contributed by atoms with E-state index in [1.165, 1.54) is 0 Å². The predicted molar refractivity (Wildman–Crippen MR) is 74.4 cm³/mol. The van der Waals surface area contributed by atoms with Crippen molar-refractivity contribution in [2.45, 2.75) is 20.3 Å². The van der Waals surface area contributed by atoms with Crippen molar-refractivity contribution >= 4 is 21.6 Å². The van der Waals surface area contributed by atoms with Gasteiger partial charge in [-0.25, -0.2) is 13.6 Å². The Bertz CT molecular complexity index is 610. The fourth-order valence-corrected chi connectivity index (χ4v) is 3.36. The predicted octanol–water partition coefficient (Wildman–Crippen LogP) is 0.945. The van der Waals surface area contributed by atoms with Crippen LogP contribution in [0.2, 0.25) is 0 Å². The minimum atomic E-state index is -3.53. The van der Waals surface area contributed by atoms with Crippen molar-refractivity contribution < 1.29 is 13.2 Å². The maximum absolute atomic E-state index is 12.0. The first-order chi connectivity index (χ1) is 8.78. The standard InChI is InChI=1S/C13H18N2O3S/c1-9-4-3-5-12(10(9)2)15-7-11(6-13(15)16)8-19(14,17)18/h3-5,11H,6-8H2,1-2H3,(H2,14,17,18). The number of amides is 1. The van der Waals surface area contributed by atoms with Gasteiger partial charge < -0.3 is 4.90 Å². The average molecular weight is 282 g/mol. The van der Waals surface area contributed by atoms with E-state index in [1.54, 1.807) is 4.90 Å². The van der Waals surface area contributed by atoms with Gasteiger partial charge in [0, 0.05) is 24.6 Å². The van der Waals surface area contributed by atoms with E-state index >= 15 is 0 Å². The summed E-state index contributed by atoms with van der Waals surface area (Å²) in [6.07, 6.45) is 0.240.